The fourth-order valence-electron chi connectivity index (χ4n) is 4.80. The Bertz CT molecular complexity index is 743. The highest BCUT2D eigenvalue weighted by atomic mass is 16.6. The Kier molecular flexibility index (Phi) is 19.6. The fraction of sp³-hybridized carbons (Fsp3) is 0.839. The van der Waals surface area contributed by atoms with Gasteiger partial charge in [0, 0.05) is 20.1 Å². The summed E-state index contributed by atoms with van der Waals surface area (Å²) in [5.74, 6) is -1.35. The van der Waals surface area contributed by atoms with Crippen LogP contribution in [0.3, 0.4) is 0 Å². The maximum atomic E-state index is 12.9. The van der Waals surface area contributed by atoms with Crippen molar-refractivity contribution < 1.29 is 34.1 Å². The standard InChI is InChI=1S/C31H56N2O7/c1-5-6-7-8-9-10-11-12-13-14-15-19-26(34)40-25(21-20-23(2)3)27(35)28(36)29(39-4)31(38)33-24-18-16-17-22-32-30(24)37/h20-21,23-25,27-29,35-36H,5-19,22H2,1-4H3,(H,32,37)(H,33,38)/b21-20+/t24-,25+,27+,28+,29+/m0/s1. The lowest BCUT2D eigenvalue weighted by Crippen LogP contribution is -2.55. The molecule has 2 amide bonds. The lowest BCUT2D eigenvalue weighted by Gasteiger charge is -2.30. The highest BCUT2D eigenvalue weighted by Gasteiger charge is 2.38. The maximum Gasteiger partial charge on any atom is 0.306 e. The Morgan fingerprint density at radius 1 is 0.950 bits per heavy atom. The number of unbranched alkanes of at least 4 members (excludes halogenated alkanes) is 10. The number of aliphatic hydroxyl groups is 2. The van der Waals surface area contributed by atoms with Crippen LogP contribution in [-0.4, -0.2) is 72.1 Å². The predicted molar refractivity (Wildman–Crippen MR) is 157 cm³/mol. The minimum absolute atomic E-state index is 0.118. The molecule has 5 atom stereocenters. The first-order valence-corrected chi connectivity index (χ1v) is 15.6. The van der Waals surface area contributed by atoms with Crippen LogP contribution < -0.4 is 10.6 Å². The SMILES string of the molecule is CCCCCCCCCCCCCC(=O)O[C@H](/C=C/C(C)C)[C@@H](O)[C@@H](O)[C@@H](OC)C(=O)N[C@H]1CCCCNC1=O. The molecule has 0 aromatic rings. The molecule has 0 unspecified atom stereocenters. The van der Waals surface area contributed by atoms with Gasteiger partial charge in [0.1, 0.15) is 24.4 Å². The molecular formula is C31H56N2O7. The van der Waals surface area contributed by atoms with Crippen molar-refractivity contribution in [3.8, 4) is 0 Å². The summed E-state index contributed by atoms with van der Waals surface area (Å²) in [5, 5.41) is 27.2. The number of esters is 1. The third-order valence-corrected chi connectivity index (χ3v) is 7.30. The number of nitrogens with one attached hydrogen (secondary N) is 2. The molecule has 0 saturated carbocycles. The largest absolute Gasteiger partial charge is 0.455 e. The average molecular weight is 569 g/mol. The summed E-state index contributed by atoms with van der Waals surface area (Å²) < 4.78 is 10.8. The Labute approximate surface area is 241 Å². The molecule has 0 spiro atoms. The number of ether oxygens (including phenoxy) is 2. The van der Waals surface area contributed by atoms with Gasteiger partial charge < -0.3 is 30.3 Å². The third-order valence-electron chi connectivity index (χ3n) is 7.30. The van der Waals surface area contributed by atoms with E-state index in [4.69, 9.17) is 9.47 Å². The molecule has 1 aliphatic rings. The zero-order chi connectivity index (χ0) is 29.8. The summed E-state index contributed by atoms with van der Waals surface area (Å²) in [6.45, 7) is 6.65. The maximum absolute atomic E-state index is 12.9. The van der Waals surface area contributed by atoms with Gasteiger partial charge in [0.2, 0.25) is 5.91 Å². The van der Waals surface area contributed by atoms with Crippen LogP contribution in [0.5, 0.6) is 0 Å². The summed E-state index contributed by atoms with van der Waals surface area (Å²) >= 11 is 0. The summed E-state index contributed by atoms with van der Waals surface area (Å²) in [6.07, 6.45) is 12.6. The van der Waals surface area contributed by atoms with Crippen molar-refractivity contribution >= 4 is 17.8 Å². The van der Waals surface area contributed by atoms with E-state index in [1.54, 1.807) is 12.2 Å². The summed E-state index contributed by atoms with van der Waals surface area (Å²) in [6, 6.07) is -0.739. The second-order valence-corrected chi connectivity index (χ2v) is 11.4. The van der Waals surface area contributed by atoms with Gasteiger partial charge in [-0.05, 0) is 37.7 Å². The van der Waals surface area contributed by atoms with Crippen molar-refractivity contribution in [2.45, 2.75) is 148 Å². The van der Waals surface area contributed by atoms with Crippen molar-refractivity contribution in [3.05, 3.63) is 12.2 Å². The van der Waals surface area contributed by atoms with Crippen LogP contribution in [-0.2, 0) is 23.9 Å². The van der Waals surface area contributed by atoms with E-state index in [1.807, 2.05) is 13.8 Å². The molecule has 0 aliphatic carbocycles. The van der Waals surface area contributed by atoms with E-state index in [2.05, 4.69) is 17.6 Å². The third kappa shape index (κ3) is 15.1. The van der Waals surface area contributed by atoms with Gasteiger partial charge in [-0.15, -0.1) is 0 Å². The second kappa shape index (κ2) is 21.7. The normalized spacial score (nSPS) is 19.1. The Morgan fingerprint density at radius 2 is 1.55 bits per heavy atom. The first-order valence-electron chi connectivity index (χ1n) is 15.6. The molecule has 9 nitrogen and oxygen atoms in total. The van der Waals surface area contributed by atoms with Crippen molar-refractivity contribution in [3.63, 3.8) is 0 Å². The minimum atomic E-state index is -1.68. The molecule has 0 bridgehead atoms. The van der Waals surface area contributed by atoms with Gasteiger partial charge in [-0.1, -0.05) is 91.1 Å². The summed E-state index contributed by atoms with van der Waals surface area (Å²) in [7, 11) is 1.24. The van der Waals surface area contributed by atoms with Gasteiger partial charge in [-0.2, -0.15) is 0 Å². The molecule has 9 heteroatoms. The molecule has 0 radical (unpaired) electrons. The van der Waals surface area contributed by atoms with E-state index in [0.29, 0.717) is 19.4 Å². The van der Waals surface area contributed by atoms with E-state index in [0.717, 1.165) is 32.1 Å². The highest BCUT2D eigenvalue weighted by Crippen LogP contribution is 2.17. The van der Waals surface area contributed by atoms with Crippen LogP contribution in [0.1, 0.15) is 117 Å². The molecule has 1 saturated heterocycles. The minimum Gasteiger partial charge on any atom is -0.455 e. The van der Waals surface area contributed by atoms with Gasteiger partial charge in [-0.3, -0.25) is 14.4 Å². The molecule has 1 aliphatic heterocycles. The number of hydrogen-bond donors (Lipinski definition) is 4. The smallest absolute Gasteiger partial charge is 0.306 e. The van der Waals surface area contributed by atoms with Gasteiger partial charge in [-0.25, -0.2) is 0 Å². The molecule has 232 valence electrons. The van der Waals surface area contributed by atoms with Crippen molar-refractivity contribution in [2.75, 3.05) is 13.7 Å². The van der Waals surface area contributed by atoms with Gasteiger partial charge in [0.15, 0.2) is 6.10 Å². The number of aliphatic hydroxyl groups excluding tert-OH is 2. The lowest BCUT2D eigenvalue weighted by molar-refractivity contribution is -0.164. The number of rotatable bonds is 21. The van der Waals surface area contributed by atoms with Crippen molar-refractivity contribution in [2.24, 2.45) is 5.92 Å². The second-order valence-electron chi connectivity index (χ2n) is 11.4. The number of amides is 2. The fourth-order valence-corrected chi connectivity index (χ4v) is 4.80. The van der Waals surface area contributed by atoms with Crippen LogP contribution in [0.2, 0.25) is 0 Å². The number of carbonyl (C=O) groups is 3. The van der Waals surface area contributed by atoms with E-state index in [9.17, 15) is 24.6 Å². The number of methoxy groups -OCH3 is 1. The topological polar surface area (TPSA) is 134 Å². The quantitative estimate of drug-likeness (QED) is 0.0920. The van der Waals surface area contributed by atoms with E-state index >= 15 is 0 Å². The number of hydrogen-bond acceptors (Lipinski definition) is 7. The van der Waals surface area contributed by atoms with Gasteiger partial charge >= 0.3 is 5.97 Å². The number of allylic oxidation sites excluding steroid dienone is 1. The summed E-state index contributed by atoms with van der Waals surface area (Å²) in [4.78, 5) is 37.7. The van der Waals surface area contributed by atoms with Crippen LogP contribution in [0.4, 0.5) is 0 Å². The first kappa shape index (κ1) is 36.1. The molecular weight excluding hydrogens is 512 g/mol. The molecule has 1 rings (SSSR count). The van der Waals surface area contributed by atoms with E-state index in [1.165, 1.54) is 52.1 Å². The van der Waals surface area contributed by atoms with Crippen LogP contribution in [0.25, 0.3) is 0 Å². The Morgan fingerprint density at radius 3 is 2.12 bits per heavy atom. The van der Waals surface area contributed by atoms with Crippen molar-refractivity contribution in [1.29, 1.82) is 0 Å². The van der Waals surface area contributed by atoms with Gasteiger partial charge in [0.05, 0.1) is 0 Å². The average Bonchev–Trinajstić information content (AvgIpc) is 3.13. The zero-order valence-corrected chi connectivity index (χ0v) is 25.4. The molecule has 0 aromatic heterocycles. The van der Waals surface area contributed by atoms with Crippen molar-refractivity contribution in [1.82, 2.24) is 10.6 Å². The molecule has 40 heavy (non-hydrogen) atoms. The van der Waals surface area contributed by atoms with Gasteiger partial charge in [0.25, 0.3) is 5.91 Å². The molecule has 0 aromatic carbocycles. The van der Waals surface area contributed by atoms with E-state index < -0.39 is 42.3 Å². The van der Waals surface area contributed by atoms with Crippen LogP contribution in [0.15, 0.2) is 12.2 Å². The first-order chi connectivity index (χ1) is 19.2. The van der Waals surface area contributed by atoms with Crippen LogP contribution in [0, 0.1) is 5.92 Å². The lowest BCUT2D eigenvalue weighted by atomic mass is 10.00. The zero-order valence-electron chi connectivity index (χ0n) is 25.4. The number of carbonyl (C=O) groups excluding carboxylic acids is 3. The molecule has 1 fully saturated rings. The van der Waals surface area contributed by atoms with Crippen LogP contribution >= 0.6 is 0 Å². The predicted octanol–water partition coefficient (Wildman–Crippen LogP) is 4.33. The monoisotopic (exact) mass is 568 g/mol. The highest BCUT2D eigenvalue weighted by molar-refractivity contribution is 5.89. The summed E-state index contributed by atoms with van der Waals surface area (Å²) in [5.41, 5.74) is 0. The Balaban J connectivity index is 2.57. The Hall–Kier alpha value is -1.97. The molecule has 4 N–H and O–H groups in total. The molecule has 1 heterocycles. The van der Waals surface area contributed by atoms with E-state index in [-0.39, 0.29) is 18.2 Å².